The first-order chi connectivity index (χ1) is 9.60. The maximum atomic E-state index is 13.9. The molecule has 0 aromatic heterocycles. The number of hydrogen-bond donors (Lipinski definition) is 1. The molecule has 1 aliphatic heterocycles. The van der Waals surface area contributed by atoms with Crippen LogP contribution in [0.2, 0.25) is 0 Å². The SMILES string of the molecule is CCNc1c(F)cccc1C(=O)N1C(C)CCC1CC. The molecule has 0 saturated carbocycles. The van der Waals surface area contributed by atoms with Crippen molar-refractivity contribution in [3.8, 4) is 0 Å². The van der Waals surface area contributed by atoms with Gasteiger partial charge in [0.15, 0.2) is 0 Å². The number of para-hydroxylation sites is 1. The standard InChI is InChI=1S/C16H23FN2O/c1-4-12-10-9-11(3)19(12)16(20)13-7-6-8-14(17)15(13)18-5-2/h6-8,11-12,18H,4-5,9-10H2,1-3H3. The summed E-state index contributed by atoms with van der Waals surface area (Å²) >= 11 is 0. The Bertz CT molecular complexity index is 489. The summed E-state index contributed by atoms with van der Waals surface area (Å²) in [5.41, 5.74) is 0.771. The molecule has 1 amide bonds. The second-order valence-corrected chi connectivity index (χ2v) is 5.39. The van der Waals surface area contributed by atoms with E-state index in [0.717, 1.165) is 19.3 Å². The second kappa shape index (κ2) is 6.25. The number of hydrogen-bond acceptors (Lipinski definition) is 2. The molecule has 1 N–H and O–H groups in total. The number of rotatable bonds is 4. The highest BCUT2D eigenvalue weighted by Crippen LogP contribution is 2.30. The van der Waals surface area contributed by atoms with Crippen LogP contribution in [0.3, 0.4) is 0 Å². The average molecular weight is 278 g/mol. The number of nitrogens with zero attached hydrogens (tertiary/aromatic N) is 1. The number of likely N-dealkylation sites (tertiary alicyclic amines) is 1. The average Bonchev–Trinajstić information content (AvgIpc) is 2.81. The van der Waals surface area contributed by atoms with Gasteiger partial charge in [-0.25, -0.2) is 4.39 Å². The second-order valence-electron chi connectivity index (χ2n) is 5.39. The lowest BCUT2D eigenvalue weighted by molar-refractivity contribution is 0.0677. The van der Waals surface area contributed by atoms with Gasteiger partial charge in [0, 0.05) is 18.6 Å². The number of anilines is 1. The molecular weight excluding hydrogens is 255 g/mol. The number of amides is 1. The molecule has 1 saturated heterocycles. The van der Waals surface area contributed by atoms with Crippen LogP contribution in [0.25, 0.3) is 0 Å². The highest BCUT2D eigenvalue weighted by molar-refractivity contribution is 6.00. The van der Waals surface area contributed by atoms with Crippen molar-refractivity contribution in [3.63, 3.8) is 0 Å². The topological polar surface area (TPSA) is 32.3 Å². The summed E-state index contributed by atoms with van der Waals surface area (Å²) in [6.45, 7) is 6.65. The van der Waals surface area contributed by atoms with Crippen LogP contribution in [0.4, 0.5) is 10.1 Å². The van der Waals surface area contributed by atoms with Crippen LogP contribution in [-0.2, 0) is 0 Å². The zero-order chi connectivity index (χ0) is 14.7. The van der Waals surface area contributed by atoms with E-state index in [0.29, 0.717) is 17.8 Å². The molecule has 2 rings (SSSR count). The molecule has 1 aliphatic rings. The molecule has 110 valence electrons. The van der Waals surface area contributed by atoms with E-state index in [1.54, 1.807) is 12.1 Å². The van der Waals surface area contributed by atoms with Gasteiger partial charge in [-0.3, -0.25) is 4.79 Å². The van der Waals surface area contributed by atoms with Crippen LogP contribution in [-0.4, -0.2) is 29.4 Å². The number of benzene rings is 1. The Morgan fingerprint density at radius 1 is 1.40 bits per heavy atom. The van der Waals surface area contributed by atoms with E-state index < -0.39 is 0 Å². The Balaban J connectivity index is 2.35. The molecule has 4 heteroatoms. The van der Waals surface area contributed by atoms with Crippen LogP contribution in [0.1, 0.15) is 50.4 Å². The normalized spacial score (nSPS) is 22.1. The number of halogens is 1. The third kappa shape index (κ3) is 2.65. The Hall–Kier alpha value is -1.58. The van der Waals surface area contributed by atoms with Gasteiger partial charge in [-0.15, -0.1) is 0 Å². The van der Waals surface area contributed by atoms with Gasteiger partial charge < -0.3 is 10.2 Å². The quantitative estimate of drug-likeness (QED) is 0.911. The first-order valence-corrected chi connectivity index (χ1v) is 7.45. The van der Waals surface area contributed by atoms with E-state index in [9.17, 15) is 9.18 Å². The van der Waals surface area contributed by atoms with Gasteiger partial charge in [-0.2, -0.15) is 0 Å². The molecule has 0 spiro atoms. The zero-order valence-electron chi connectivity index (χ0n) is 12.4. The Morgan fingerprint density at radius 3 is 2.80 bits per heavy atom. The third-order valence-corrected chi connectivity index (χ3v) is 4.09. The molecule has 1 aromatic rings. The van der Waals surface area contributed by atoms with Gasteiger partial charge in [0.2, 0.25) is 0 Å². The van der Waals surface area contributed by atoms with Gasteiger partial charge in [0.05, 0.1) is 11.3 Å². The molecule has 1 fully saturated rings. The summed E-state index contributed by atoms with van der Waals surface area (Å²) in [7, 11) is 0. The fraction of sp³-hybridized carbons (Fsp3) is 0.562. The van der Waals surface area contributed by atoms with Gasteiger partial charge in [0.25, 0.3) is 5.91 Å². The van der Waals surface area contributed by atoms with Gasteiger partial charge in [-0.05, 0) is 45.2 Å². The first-order valence-electron chi connectivity index (χ1n) is 7.45. The highest BCUT2D eigenvalue weighted by Gasteiger charge is 2.34. The van der Waals surface area contributed by atoms with E-state index >= 15 is 0 Å². The first kappa shape index (κ1) is 14.8. The van der Waals surface area contributed by atoms with E-state index in [2.05, 4.69) is 19.2 Å². The van der Waals surface area contributed by atoms with Gasteiger partial charge in [0.1, 0.15) is 5.82 Å². The van der Waals surface area contributed by atoms with Crippen molar-refractivity contribution in [2.45, 2.75) is 52.1 Å². The smallest absolute Gasteiger partial charge is 0.256 e. The maximum absolute atomic E-state index is 13.9. The fourth-order valence-corrected chi connectivity index (χ4v) is 3.04. The number of nitrogens with one attached hydrogen (secondary N) is 1. The highest BCUT2D eigenvalue weighted by atomic mass is 19.1. The molecular formula is C16H23FN2O. The summed E-state index contributed by atoms with van der Waals surface area (Å²) < 4.78 is 13.9. The minimum absolute atomic E-state index is 0.0581. The molecule has 0 radical (unpaired) electrons. The minimum Gasteiger partial charge on any atom is -0.382 e. The summed E-state index contributed by atoms with van der Waals surface area (Å²) in [6, 6.07) is 5.20. The van der Waals surface area contributed by atoms with Crippen LogP contribution in [0, 0.1) is 5.82 Å². The lowest BCUT2D eigenvalue weighted by Gasteiger charge is -2.29. The zero-order valence-corrected chi connectivity index (χ0v) is 12.4. The molecule has 3 nitrogen and oxygen atoms in total. The number of carbonyl (C=O) groups excluding carboxylic acids is 1. The molecule has 2 unspecified atom stereocenters. The van der Waals surface area contributed by atoms with Gasteiger partial charge in [-0.1, -0.05) is 13.0 Å². The number of carbonyl (C=O) groups is 1. The van der Waals surface area contributed by atoms with Crippen LogP contribution >= 0.6 is 0 Å². The lowest BCUT2D eigenvalue weighted by Crippen LogP contribution is -2.40. The predicted octanol–water partition coefficient (Wildman–Crippen LogP) is 3.66. The lowest BCUT2D eigenvalue weighted by atomic mass is 10.1. The van der Waals surface area contributed by atoms with Crippen LogP contribution in [0.5, 0.6) is 0 Å². The van der Waals surface area contributed by atoms with E-state index in [1.807, 2.05) is 11.8 Å². The molecule has 0 bridgehead atoms. The minimum atomic E-state index is -0.363. The Labute approximate surface area is 120 Å². The van der Waals surface area contributed by atoms with E-state index in [4.69, 9.17) is 0 Å². The molecule has 2 atom stereocenters. The molecule has 1 aromatic carbocycles. The Kier molecular flexibility index (Phi) is 4.63. The van der Waals surface area contributed by atoms with Crippen molar-refractivity contribution in [1.82, 2.24) is 4.90 Å². The van der Waals surface area contributed by atoms with Crippen LogP contribution < -0.4 is 5.32 Å². The maximum Gasteiger partial charge on any atom is 0.256 e. The van der Waals surface area contributed by atoms with Crippen molar-refractivity contribution in [1.29, 1.82) is 0 Å². The predicted molar refractivity (Wildman–Crippen MR) is 79.5 cm³/mol. The van der Waals surface area contributed by atoms with Crippen molar-refractivity contribution >= 4 is 11.6 Å². The molecule has 20 heavy (non-hydrogen) atoms. The van der Waals surface area contributed by atoms with E-state index in [-0.39, 0.29) is 23.8 Å². The van der Waals surface area contributed by atoms with Crippen molar-refractivity contribution in [2.24, 2.45) is 0 Å². The van der Waals surface area contributed by atoms with Crippen LogP contribution in [0.15, 0.2) is 18.2 Å². The monoisotopic (exact) mass is 278 g/mol. The van der Waals surface area contributed by atoms with Crippen molar-refractivity contribution in [3.05, 3.63) is 29.6 Å². The summed E-state index contributed by atoms with van der Waals surface area (Å²) in [5, 5.41) is 2.97. The summed E-state index contributed by atoms with van der Waals surface area (Å²) in [6.07, 6.45) is 3.01. The largest absolute Gasteiger partial charge is 0.382 e. The van der Waals surface area contributed by atoms with Gasteiger partial charge >= 0.3 is 0 Å². The molecule has 0 aliphatic carbocycles. The Morgan fingerprint density at radius 2 is 2.15 bits per heavy atom. The fourth-order valence-electron chi connectivity index (χ4n) is 3.04. The van der Waals surface area contributed by atoms with Crippen molar-refractivity contribution in [2.75, 3.05) is 11.9 Å². The summed E-state index contributed by atoms with van der Waals surface area (Å²) in [4.78, 5) is 14.7. The third-order valence-electron chi connectivity index (χ3n) is 4.09. The van der Waals surface area contributed by atoms with Crippen molar-refractivity contribution < 1.29 is 9.18 Å². The molecule has 1 heterocycles. The van der Waals surface area contributed by atoms with E-state index in [1.165, 1.54) is 6.07 Å². The summed E-state index contributed by atoms with van der Waals surface area (Å²) in [5.74, 6) is -0.421.